The predicted molar refractivity (Wildman–Crippen MR) is 74.5 cm³/mol. The third-order valence-electron chi connectivity index (χ3n) is 2.71. The molecule has 0 aliphatic heterocycles. The van der Waals surface area contributed by atoms with Crippen molar-refractivity contribution >= 4 is 11.6 Å². The first-order chi connectivity index (χ1) is 9.26. The molecule has 0 radical (unpaired) electrons. The molecule has 0 bridgehead atoms. The van der Waals surface area contributed by atoms with E-state index in [4.69, 9.17) is 4.74 Å². The fraction of sp³-hybridized carbons (Fsp3) is 0.308. The van der Waals surface area contributed by atoms with Gasteiger partial charge >= 0.3 is 0 Å². The van der Waals surface area contributed by atoms with E-state index < -0.39 is 0 Å². The average molecular weight is 259 g/mol. The normalized spacial score (nSPS) is 10.1. The lowest BCUT2D eigenvalue weighted by molar-refractivity contribution is 0.413. The Balaban J connectivity index is 2.26. The molecule has 2 aromatic rings. The second kappa shape index (κ2) is 5.99. The Labute approximate surface area is 112 Å². The first-order valence-electron chi connectivity index (χ1n) is 5.94. The van der Waals surface area contributed by atoms with E-state index in [1.54, 1.807) is 20.4 Å². The van der Waals surface area contributed by atoms with Crippen LogP contribution < -0.4 is 15.0 Å². The molecular formula is C13H17N5O. The zero-order valence-corrected chi connectivity index (χ0v) is 11.3. The van der Waals surface area contributed by atoms with Crippen LogP contribution in [0.5, 0.6) is 5.75 Å². The minimum absolute atomic E-state index is 0.628. The third kappa shape index (κ3) is 2.90. The Hall–Kier alpha value is -2.37. The first-order valence-corrected chi connectivity index (χ1v) is 5.94. The SMILES string of the molecule is CNc1ncnc(N(C)Cc2ccccn2)c1OC. The van der Waals surface area contributed by atoms with Gasteiger partial charge in [0.1, 0.15) is 6.33 Å². The Kier molecular flexibility index (Phi) is 4.12. The number of methoxy groups -OCH3 is 1. The molecule has 100 valence electrons. The van der Waals surface area contributed by atoms with Crippen LogP contribution in [0.3, 0.4) is 0 Å². The Morgan fingerprint density at radius 1 is 1.26 bits per heavy atom. The maximum absolute atomic E-state index is 5.38. The number of pyridine rings is 1. The van der Waals surface area contributed by atoms with Crippen LogP contribution in [-0.2, 0) is 6.54 Å². The second-order valence-corrected chi connectivity index (χ2v) is 4.01. The van der Waals surface area contributed by atoms with E-state index in [2.05, 4.69) is 20.3 Å². The number of nitrogens with zero attached hydrogens (tertiary/aromatic N) is 4. The molecule has 0 spiro atoms. The van der Waals surface area contributed by atoms with Gasteiger partial charge in [-0.25, -0.2) is 9.97 Å². The zero-order valence-electron chi connectivity index (χ0n) is 11.3. The molecule has 0 saturated carbocycles. The molecular weight excluding hydrogens is 242 g/mol. The lowest BCUT2D eigenvalue weighted by Crippen LogP contribution is -2.20. The molecule has 0 amide bonds. The quantitative estimate of drug-likeness (QED) is 0.879. The first kappa shape index (κ1) is 13.1. The van der Waals surface area contributed by atoms with Gasteiger partial charge in [0, 0.05) is 20.3 Å². The van der Waals surface area contributed by atoms with Crippen molar-refractivity contribution < 1.29 is 4.74 Å². The highest BCUT2D eigenvalue weighted by molar-refractivity contribution is 5.64. The summed E-state index contributed by atoms with van der Waals surface area (Å²) in [5.41, 5.74) is 0.969. The van der Waals surface area contributed by atoms with Gasteiger partial charge in [-0.3, -0.25) is 4.98 Å². The van der Waals surface area contributed by atoms with Gasteiger partial charge in [0.25, 0.3) is 0 Å². The third-order valence-corrected chi connectivity index (χ3v) is 2.71. The summed E-state index contributed by atoms with van der Waals surface area (Å²) in [5.74, 6) is 2.02. The van der Waals surface area contributed by atoms with E-state index in [-0.39, 0.29) is 0 Å². The lowest BCUT2D eigenvalue weighted by atomic mass is 10.3. The summed E-state index contributed by atoms with van der Waals surface area (Å²) in [6.07, 6.45) is 3.29. The van der Waals surface area contributed by atoms with Crippen molar-refractivity contribution in [3.8, 4) is 5.75 Å². The molecule has 0 aliphatic carbocycles. The van der Waals surface area contributed by atoms with E-state index in [9.17, 15) is 0 Å². The smallest absolute Gasteiger partial charge is 0.204 e. The molecule has 19 heavy (non-hydrogen) atoms. The minimum Gasteiger partial charge on any atom is -0.490 e. The fourth-order valence-electron chi connectivity index (χ4n) is 1.81. The lowest BCUT2D eigenvalue weighted by Gasteiger charge is -2.20. The van der Waals surface area contributed by atoms with Crippen molar-refractivity contribution in [1.29, 1.82) is 0 Å². The largest absolute Gasteiger partial charge is 0.490 e. The van der Waals surface area contributed by atoms with Gasteiger partial charge in [0.15, 0.2) is 11.6 Å². The van der Waals surface area contributed by atoms with Crippen molar-refractivity contribution in [2.24, 2.45) is 0 Å². The standard InChI is InChI=1S/C13H17N5O/c1-14-12-11(19-3)13(17-9-16-12)18(2)8-10-6-4-5-7-15-10/h4-7,9H,8H2,1-3H3,(H,14,16,17). The Bertz CT molecular complexity index is 532. The molecule has 0 saturated heterocycles. The monoisotopic (exact) mass is 259 g/mol. The van der Waals surface area contributed by atoms with E-state index in [1.165, 1.54) is 6.33 Å². The van der Waals surface area contributed by atoms with E-state index in [0.717, 1.165) is 11.5 Å². The molecule has 2 heterocycles. The summed E-state index contributed by atoms with van der Waals surface area (Å²) in [7, 11) is 5.35. The maximum Gasteiger partial charge on any atom is 0.204 e. The number of hydrogen-bond donors (Lipinski definition) is 1. The number of ether oxygens (including phenoxy) is 1. The van der Waals surface area contributed by atoms with Gasteiger partial charge < -0.3 is 15.0 Å². The highest BCUT2D eigenvalue weighted by atomic mass is 16.5. The van der Waals surface area contributed by atoms with Crippen molar-refractivity contribution in [2.75, 3.05) is 31.4 Å². The summed E-state index contributed by atoms with van der Waals surface area (Å²) >= 11 is 0. The van der Waals surface area contributed by atoms with E-state index in [0.29, 0.717) is 18.1 Å². The van der Waals surface area contributed by atoms with Gasteiger partial charge in [-0.2, -0.15) is 0 Å². The summed E-state index contributed by atoms with van der Waals surface area (Å²) in [4.78, 5) is 14.7. The van der Waals surface area contributed by atoms with Crippen LogP contribution >= 0.6 is 0 Å². The van der Waals surface area contributed by atoms with Crippen LogP contribution in [0.4, 0.5) is 11.6 Å². The van der Waals surface area contributed by atoms with Gasteiger partial charge in [-0.1, -0.05) is 6.07 Å². The molecule has 2 rings (SSSR count). The Morgan fingerprint density at radius 2 is 2.11 bits per heavy atom. The molecule has 2 aromatic heterocycles. The van der Waals surface area contributed by atoms with Crippen molar-refractivity contribution in [1.82, 2.24) is 15.0 Å². The summed E-state index contributed by atoms with van der Waals surface area (Å²) in [6, 6.07) is 5.84. The fourth-order valence-corrected chi connectivity index (χ4v) is 1.81. The molecule has 6 heteroatoms. The molecule has 0 aliphatic rings. The van der Waals surface area contributed by atoms with Crippen LogP contribution in [0.25, 0.3) is 0 Å². The average Bonchev–Trinajstić information content (AvgIpc) is 2.47. The summed E-state index contributed by atoms with van der Waals surface area (Å²) in [5, 5.41) is 2.99. The van der Waals surface area contributed by atoms with Crippen LogP contribution in [0.1, 0.15) is 5.69 Å². The van der Waals surface area contributed by atoms with Gasteiger partial charge in [-0.05, 0) is 12.1 Å². The molecule has 0 fully saturated rings. The van der Waals surface area contributed by atoms with Gasteiger partial charge in [0.2, 0.25) is 5.75 Å². The minimum atomic E-state index is 0.628. The molecule has 0 atom stereocenters. The van der Waals surface area contributed by atoms with E-state index in [1.807, 2.05) is 30.1 Å². The number of aromatic nitrogens is 3. The van der Waals surface area contributed by atoms with Crippen molar-refractivity contribution in [3.05, 3.63) is 36.4 Å². The summed E-state index contributed by atoms with van der Waals surface area (Å²) < 4.78 is 5.38. The molecule has 6 nitrogen and oxygen atoms in total. The molecule has 1 N–H and O–H groups in total. The topological polar surface area (TPSA) is 63.2 Å². The number of anilines is 2. The van der Waals surface area contributed by atoms with Crippen LogP contribution in [0, 0.1) is 0 Å². The number of nitrogens with one attached hydrogen (secondary N) is 1. The Morgan fingerprint density at radius 3 is 2.74 bits per heavy atom. The maximum atomic E-state index is 5.38. The highest BCUT2D eigenvalue weighted by Gasteiger charge is 2.15. The van der Waals surface area contributed by atoms with Crippen molar-refractivity contribution in [3.63, 3.8) is 0 Å². The zero-order chi connectivity index (χ0) is 13.7. The molecule has 0 unspecified atom stereocenters. The van der Waals surface area contributed by atoms with Crippen LogP contribution in [0.15, 0.2) is 30.7 Å². The van der Waals surface area contributed by atoms with E-state index >= 15 is 0 Å². The number of hydrogen-bond acceptors (Lipinski definition) is 6. The van der Waals surface area contributed by atoms with Crippen LogP contribution in [0.2, 0.25) is 0 Å². The molecule has 0 aromatic carbocycles. The van der Waals surface area contributed by atoms with Crippen molar-refractivity contribution in [2.45, 2.75) is 6.54 Å². The predicted octanol–water partition coefficient (Wildman–Crippen LogP) is 1.56. The van der Waals surface area contributed by atoms with Gasteiger partial charge in [-0.15, -0.1) is 0 Å². The highest BCUT2D eigenvalue weighted by Crippen LogP contribution is 2.31. The second-order valence-electron chi connectivity index (χ2n) is 4.01. The van der Waals surface area contributed by atoms with Crippen LogP contribution in [-0.4, -0.2) is 36.2 Å². The number of rotatable bonds is 5. The summed E-state index contributed by atoms with van der Waals surface area (Å²) in [6.45, 7) is 0.650. The van der Waals surface area contributed by atoms with Gasteiger partial charge in [0.05, 0.1) is 19.3 Å².